The number of amides is 1. The van der Waals surface area contributed by atoms with Gasteiger partial charge in [-0.1, -0.05) is 50.0 Å². The third kappa shape index (κ3) is 7.08. The van der Waals surface area contributed by atoms with Crippen LogP contribution < -0.4 is 5.32 Å². The first-order valence-electron chi connectivity index (χ1n) is 11.1. The molecule has 0 heterocycles. The molecule has 3 N–H and O–H groups in total. The van der Waals surface area contributed by atoms with Crippen LogP contribution in [0.15, 0.2) is 23.8 Å². The van der Waals surface area contributed by atoms with Crippen LogP contribution in [0, 0.1) is 17.8 Å². The number of aliphatic hydroxyl groups is 2. The minimum Gasteiger partial charge on any atom is -0.392 e. The molecule has 5 atom stereocenters. The van der Waals surface area contributed by atoms with Gasteiger partial charge >= 0.3 is 0 Å². The third-order valence-corrected chi connectivity index (χ3v) is 6.13. The second-order valence-electron chi connectivity index (χ2n) is 8.35. The summed E-state index contributed by atoms with van der Waals surface area (Å²) in [6.45, 7) is 4.82. The highest BCUT2D eigenvalue weighted by molar-refractivity contribution is 5.75. The van der Waals surface area contributed by atoms with Crippen LogP contribution in [0.2, 0.25) is 0 Å². The van der Waals surface area contributed by atoms with Crippen molar-refractivity contribution >= 4 is 5.91 Å². The predicted molar refractivity (Wildman–Crippen MR) is 110 cm³/mol. The lowest BCUT2D eigenvalue weighted by molar-refractivity contribution is -0.121. The van der Waals surface area contributed by atoms with E-state index in [4.69, 9.17) is 0 Å². The molecule has 1 saturated carbocycles. The summed E-state index contributed by atoms with van der Waals surface area (Å²) in [5.74, 6) is 1.28. The maximum Gasteiger partial charge on any atom is 0.219 e. The minimum absolute atomic E-state index is 0.153. The van der Waals surface area contributed by atoms with Crippen LogP contribution in [0.4, 0.5) is 0 Å². The van der Waals surface area contributed by atoms with Gasteiger partial charge in [-0.2, -0.15) is 0 Å². The molecule has 2 aliphatic carbocycles. The Balaban J connectivity index is 1.74. The first-order chi connectivity index (χ1) is 13.0. The molecule has 2 rings (SSSR count). The van der Waals surface area contributed by atoms with Gasteiger partial charge in [0.25, 0.3) is 0 Å². The molecule has 2 aliphatic rings. The Hall–Kier alpha value is -1.13. The fraction of sp³-hybridized carbons (Fsp3) is 0.783. The summed E-state index contributed by atoms with van der Waals surface area (Å²) in [5.41, 5.74) is 1.50. The van der Waals surface area contributed by atoms with Crippen molar-refractivity contribution in [3.63, 3.8) is 0 Å². The summed E-state index contributed by atoms with van der Waals surface area (Å²) in [4.78, 5) is 11.5. The van der Waals surface area contributed by atoms with Crippen molar-refractivity contribution in [2.24, 2.45) is 17.8 Å². The molecule has 0 spiro atoms. The van der Waals surface area contributed by atoms with Crippen molar-refractivity contribution in [1.82, 2.24) is 5.32 Å². The van der Waals surface area contributed by atoms with E-state index in [2.05, 4.69) is 24.4 Å². The number of hydrogen-bond donors (Lipinski definition) is 3. The van der Waals surface area contributed by atoms with Gasteiger partial charge in [0, 0.05) is 18.9 Å². The summed E-state index contributed by atoms with van der Waals surface area (Å²) >= 11 is 0. The lowest BCUT2D eigenvalue weighted by atomic mass is 9.88. The number of allylic oxidation sites excluding steroid dienone is 2. The molecular weight excluding hydrogens is 338 g/mol. The lowest BCUT2D eigenvalue weighted by Crippen LogP contribution is -2.22. The molecule has 4 nitrogen and oxygen atoms in total. The Labute approximate surface area is 165 Å². The first kappa shape index (κ1) is 22.2. The molecule has 154 valence electrons. The monoisotopic (exact) mass is 377 g/mol. The van der Waals surface area contributed by atoms with Gasteiger partial charge in [-0.15, -0.1) is 0 Å². The van der Waals surface area contributed by atoms with Crippen molar-refractivity contribution in [2.75, 3.05) is 6.54 Å². The van der Waals surface area contributed by atoms with Crippen molar-refractivity contribution < 1.29 is 15.0 Å². The van der Waals surface area contributed by atoms with E-state index in [9.17, 15) is 15.0 Å². The highest BCUT2D eigenvalue weighted by Gasteiger charge is 2.43. The Bertz CT molecular complexity index is 514. The van der Waals surface area contributed by atoms with E-state index in [1.807, 2.05) is 13.0 Å². The summed E-state index contributed by atoms with van der Waals surface area (Å²) in [5, 5.41) is 23.4. The fourth-order valence-corrected chi connectivity index (χ4v) is 4.67. The SMILES string of the molecule is CCCCC[C@H](O)C=C[C@@H]1[C@H]2CC(CCCCC(=O)NCC)=C[C@H]2C[C@H]1O. The zero-order chi connectivity index (χ0) is 19.6. The number of unbranched alkanes of at least 4 members (excludes halogenated alkanes) is 3. The molecule has 0 aromatic heterocycles. The minimum atomic E-state index is -0.383. The van der Waals surface area contributed by atoms with Crippen molar-refractivity contribution in [3.05, 3.63) is 23.8 Å². The summed E-state index contributed by atoms with van der Waals surface area (Å²) < 4.78 is 0. The van der Waals surface area contributed by atoms with Crippen molar-refractivity contribution in [2.45, 2.75) is 90.3 Å². The molecule has 1 amide bonds. The van der Waals surface area contributed by atoms with Crippen LogP contribution in [-0.2, 0) is 4.79 Å². The lowest BCUT2D eigenvalue weighted by Gasteiger charge is -2.19. The quantitative estimate of drug-likeness (QED) is 0.354. The van der Waals surface area contributed by atoms with Gasteiger partial charge in [-0.3, -0.25) is 4.79 Å². The standard InChI is InChI=1S/C23H39NO3/c1-3-5-6-10-19(25)12-13-20-21-15-17(14-18(21)16-22(20)26)9-7-8-11-23(27)24-4-2/h12-14,18-22,25-26H,3-11,15-16H2,1-2H3,(H,24,27)/t18-,19-,20+,21-,22+/m0/s1. The van der Waals surface area contributed by atoms with E-state index >= 15 is 0 Å². The number of carbonyl (C=O) groups is 1. The van der Waals surface area contributed by atoms with Crippen molar-refractivity contribution in [1.29, 1.82) is 0 Å². The van der Waals surface area contributed by atoms with Gasteiger partial charge in [-0.05, 0) is 57.3 Å². The molecule has 27 heavy (non-hydrogen) atoms. The van der Waals surface area contributed by atoms with E-state index < -0.39 is 0 Å². The average Bonchev–Trinajstić information content (AvgIpc) is 3.14. The number of nitrogens with one attached hydrogen (secondary N) is 1. The predicted octanol–water partition coefficient (Wildman–Crippen LogP) is 4.12. The van der Waals surface area contributed by atoms with E-state index in [0.717, 1.165) is 51.4 Å². The van der Waals surface area contributed by atoms with Crippen LogP contribution in [0.1, 0.15) is 78.1 Å². The molecule has 0 bridgehead atoms. The molecular formula is C23H39NO3. The maximum atomic E-state index is 11.5. The molecule has 0 radical (unpaired) electrons. The summed E-state index contributed by atoms with van der Waals surface area (Å²) in [6.07, 6.45) is 15.5. The van der Waals surface area contributed by atoms with Gasteiger partial charge in [0.1, 0.15) is 0 Å². The number of carbonyl (C=O) groups excluding carboxylic acids is 1. The Morgan fingerprint density at radius 2 is 2.11 bits per heavy atom. The molecule has 0 saturated heterocycles. The van der Waals surface area contributed by atoms with E-state index in [0.29, 0.717) is 24.8 Å². The second kappa shape index (κ2) is 11.7. The van der Waals surface area contributed by atoms with Crippen LogP contribution >= 0.6 is 0 Å². The second-order valence-corrected chi connectivity index (χ2v) is 8.35. The van der Waals surface area contributed by atoms with E-state index in [-0.39, 0.29) is 24.0 Å². The third-order valence-electron chi connectivity index (χ3n) is 6.13. The Kier molecular flexibility index (Phi) is 9.57. The zero-order valence-electron chi connectivity index (χ0n) is 17.2. The largest absolute Gasteiger partial charge is 0.392 e. The molecule has 0 aromatic rings. The zero-order valence-corrected chi connectivity index (χ0v) is 17.2. The maximum absolute atomic E-state index is 11.5. The van der Waals surface area contributed by atoms with Gasteiger partial charge < -0.3 is 15.5 Å². The van der Waals surface area contributed by atoms with Crippen LogP contribution in [-0.4, -0.2) is 34.9 Å². The van der Waals surface area contributed by atoms with Gasteiger partial charge in [-0.25, -0.2) is 0 Å². The summed E-state index contributed by atoms with van der Waals surface area (Å²) in [7, 11) is 0. The number of rotatable bonds is 12. The van der Waals surface area contributed by atoms with Crippen LogP contribution in [0.3, 0.4) is 0 Å². The highest BCUT2D eigenvalue weighted by Crippen LogP contribution is 2.48. The number of fused-ring (bicyclic) bond motifs is 1. The normalized spacial score (nSPS) is 28.4. The fourth-order valence-electron chi connectivity index (χ4n) is 4.67. The molecule has 0 aliphatic heterocycles. The van der Waals surface area contributed by atoms with Crippen LogP contribution in [0.25, 0.3) is 0 Å². The van der Waals surface area contributed by atoms with Crippen LogP contribution in [0.5, 0.6) is 0 Å². The van der Waals surface area contributed by atoms with E-state index in [1.165, 1.54) is 12.0 Å². The Morgan fingerprint density at radius 3 is 2.85 bits per heavy atom. The number of hydrogen-bond acceptors (Lipinski definition) is 3. The summed E-state index contributed by atoms with van der Waals surface area (Å²) in [6, 6.07) is 0. The van der Waals surface area contributed by atoms with Gasteiger partial charge in [0.2, 0.25) is 5.91 Å². The smallest absolute Gasteiger partial charge is 0.219 e. The number of aliphatic hydroxyl groups excluding tert-OH is 2. The molecule has 1 fully saturated rings. The van der Waals surface area contributed by atoms with Crippen molar-refractivity contribution in [3.8, 4) is 0 Å². The van der Waals surface area contributed by atoms with E-state index in [1.54, 1.807) is 0 Å². The molecule has 0 aromatic carbocycles. The highest BCUT2D eigenvalue weighted by atomic mass is 16.3. The first-order valence-corrected chi connectivity index (χ1v) is 11.1. The topological polar surface area (TPSA) is 69.6 Å². The van der Waals surface area contributed by atoms with Gasteiger partial charge in [0.05, 0.1) is 12.2 Å². The molecule has 0 unspecified atom stereocenters. The van der Waals surface area contributed by atoms with Gasteiger partial charge in [0.15, 0.2) is 0 Å². The molecule has 4 heteroatoms. The Morgan fingerprint density at radius 1 is 1.30 bits per heavy atom. The average molecular weight is 378 g/mol.